The van der Waals surface area contributed by atoms with Gasteiger partial charge in [-0.05, 0) is 70.5 Å². The average molecular weight is 334 g/mol. The Balaban J connectivity index is 1.83. The van der Waals surface area contributed by atoms with Crippen molar-refractivity contribution >= 4 is 0 Å². The van der Waals surface area contributed by atoms with E-state index in [9.17, 15) is 0 Å². The molecule has 0 saturated carbocycles. The third-order valence-corrected chi connectivity index (χ3v) is 4.70. The summed E-state index contributed by atoms with van der Waals surface area (Å²) in [4.78, 5) is 0. The molecule has 0 heteroatoms. The molecule has 4 aromatic rings. The summed E-state index contributed by atoms with van der Waals surface area (Å²) < 4.78 is 0. The van der Waals surface area contributed by atoms with Crippen molar-refractivity contribution in [3.8, 4) is 33.4 Å². The van der Waals surface area contributed by atoms with Crippen LogP contribution in [0.2, 0.25) is 0 Å². The second-order valence-corrected chi connectivity index (χ2v) is 6.91. The number of aryl methyl sites for hydroxylation is 2. The molecule has 0 atom stereocenters. The van der Waals surface area contributed by atoms with Crippen LogP contribution >= 0.6 is 0 Å². The van der Waals surface area contributed by atoms with Crippen LogP contribution in [-0.2, 0) is 0 Å². The van der Waals surface area contributed by atoms with Crippen molar-refractivity contribution in [2.45, 2.75) is 13.8 Å². The lowest BCUT2D eigenvalue weighted by Crippen LogP contribution is -1.87. The maximum absolute atomic E-state index is 2.30. The van der Waals surface area contributed by atoms with E-state index in [-0.39, 0.29) is 0 Å². The predicted molar refractivity (Wildman–Crippen MR) is 112 cm³/mol. The van der Waals surface area contributed by atoms with E-state index in [2.05, 4.69) is 111 Å². The van der Waals surface area contributed by atoms with Crippen molar-refractivity contribution in [1.29, 1.82) is 0 Å². The summed E-state index contributed by atoms with van der Waals surface area (Å²) in [5.74, 6) is 0. The second kappa shape index (κ2) is 7.01. The molecule has 0 saturated heterocycles. The first kappa shape index (κ1) is 16.4. The molecule has 0 aliphatic carbocycles. The minimum Gasteiger partial charge on any atom is -0.0622 e. The zero-order chi connectivity index (χ0) is 17.9. The van der Waals surface area contributed by atoms with Crippen LogP contribution in [0.15, 0.2) is 97.1 Å². The Morgan fingerprint density at radius 2 is 0.654 bits per heavy atom. The number of hydrogen-bond acceptors (Lipinski definition) is 0. The molecule has 0 amide bonds. The Morgan fingerprint density at radius 3 is 1.00 bits per heavy atom. The first-order chi connectivity index (χ1) is 12.7. The van der Waals surface area contributed by atoms with Crippen LogP contribution in [0.5, 0.6) is 0 Å². The number of hydrogen-bond donors (Lipinski definition) is 0. The van der Waals surface area contributed by atoms with Gasteiger partial charge in [0.25, 0.3) is 0 Å². The average Bonchev–Trinajstić information content (AvgIpc) is 2.68. The second-order valence-electron chi connectivity index (χ2n) is 6.91. The third-order valence-electron chi connectivity index (χ3n) is 4.70. The maximum Gasteiger partial charge on any atom is -0.0175 e. The molecule has 0 N–H and O–H groups in total. The highest BCUT2D eigenvalue weighted by molar-refractivity contribution is 5.78. The van der Waals surface area contributed by atoms with Crippen LogP contribution in [0, 0.1) is 13.8 Å². The van der Waals surface area contributed by atoms with Gasteiger partial charge in [-0.15, -0.1) is 0 Å². The van der Waals surface area contributed by atoms with Gasteiger partial charge in [-0.3, -0.25) is 0 Å². The maximum atomic E-state index is 2.30. The molecular weight excluding hydrogens is 312 g/mol. The van der Waals surface area contributed by atoms with Crippen molar-refractivity contribution in [2.75, 3.05) is 0 Å². The van der Waals surface area contributed by atoms with Gasteiger partial charge in [0.05, 0.1) is 0 Å². The molecule has 0 unspecified atom stereocenters. The molecule has 4 aromatic carbocycles. The van der Waals surface area contributed by atoms with Gasteiger partial charge in [0.1, 0.15) is 0 Å². The predicted octanol–water partition coefficient (Wildman–Crippen LogP) is 7.30. The summed E-state index contributed by atoms with van der Waals surface area (Å²) in [5.41, 5.74) is 10.1. The molecule has 0 heterocycles. The molecule has 0 fully saturated rings. The van der Waals surface area contributed by atoms with E-state index < -0.39 is 0 Å². The molecule has 126 valence electrons. The Labute approximate surface area is 155 Å². The Hall–Kier alpha value is -3.12. The van der Waals surface area contributed by atoms with Crippen molar-refractivity contribution in [3.63, 3.8) is 0 Å². The summed E-state index contributed by atoms with van der Waals surface area (Å²) in [6.45, 7) is 4.34. The standard InChI is InChI=1S/C26H22/c1-19-13-23(21-9-5-3-6-10-21)17-25(15-19)26-16-20(2)14-24(18-26)22-11-7-4-8-12-22/h3-18H,1-2H3. The summed E-state index contributed by atoms with van der Waals surface area (Å²) in [6.07, 6.45) is 0. The van der Waals surface area contributed by atoms with Gasteiger partial charge >= 0.3 is 0 Å². The zero-order valence-electron chi connectivity index (χ0n) is 15.2. The highest BCUT2D eigenvalue weighted by Crippen LogP contribution is 2.31. The highest BCUT2D eigenvalue weighted by Gasteiger charge is 2.07. The quantitative estimate of drug-likeness (QED) is 0.368. The molecule has 0 aliphatic rings. The summed E-state index contributed by atoms with van der Waals surface area (Å²) in [7, 11) is 0. The van der Waals surface area contributed by atoms with E-state index in [0.717, 1.165) is 0 Å². The topological polar surface area (TPSA) is 0 Å². The van der Waals surface area contributed by atoms with Gasteiger partial charge in [-0.2, -0.15) is 0 Å². The first-order valence-electron chi connectivity index (χ1n) is 9.04. The summed E-state index contributed by atoms with van der Waals surface area (Å²) in [6, 6.07) is 34.8. The van der Waals surface area contributed by atoms with Gasteiger partial charge < -0.3 is 0 Å². The Kier molecular flexibility index (Phi) is 4.41. The lowest BCUT2D eigenvalue weighted by atomic mass is 9.93. The fraction of sp³-hybridized carbons (Fsp3) is 0.0769. The van der Waals surface area contributed by atoms with E-state index in [1.165, 1.54) is 44.5 Å². The highest BCUT2D eigenvalue weighted by atomic mass is 14.1. The van der Waals surface area contributed by atoms with Crippen LogP contribution in [-0.4, -0.2) is 0 Å². The van der Waals surface area contributed by atoms with E-state index in [1.54, 1.807) is 0 Å². The monoisotopic (exact) mass is 334 g/mol. The Morgan fingerprint density at radius 1 is 0.346 bits per heavy atom. The minimum absolute atomic E-state index is 1.26. The first-order valence-corrected chi connectivity index (χ1v) is 9.04. The summed E-state index contributed by atoms with van der Waals surface area (Å²) in [5, 5.41) is 0. The largest absolute Gasteiger partial charge is 0.0622 e. The van der Waals surface area contributed by atoms with Crippen molar-refractivity contribution in [2.24, 2.45) is 0 Å². The molecule has 26 heavy (non-hydrogen) atoms. The lowest BCUT2D eigenvalue weighted by molar-refractivity contribution is 1.43. The molecule has 4 rings (SSSR count). The van der Waals surface area contributed by atoms with E-state index in [0.29, 0.717) is 0 Å². The van der Waals surface area contributed by atoms with Crippen molar-refractivity contribution in [3.05, 3.63) is 108 Å². The smallest absolute Gasteiger partial charge is 0.0175 e. The molecular formula is C26H22. The van der Waals surface area contributed by atoms with E-state index in [4.69, 9.17) is 0 Å². The molecule has 0 spiro atoms. The van der Waals surface area contributed by atoms with Crippen LogP contribution in [0.3, 0.4) is 0 Å². The van der Waals surface area contributed by atoms with Gasteiger partial charge in [-0.25, -0.2) is 0 Å². The van der Waals surface area contributed by atoms with Gasteiger partial charge in [0.2, 0.25) is 0 Å². The molecule has 0 radical (unpaired) electrons. The van der Waals surface area contributed by atoms with Gasteiger partial charge in [-0.1, -0.05) is 84.9 Å². The van der Waals surface area contributed by atoms with E-state index in [1.807, 2.05) is 0 Å². The lowest BCUT2D eigenvalue weighted by Gasteiger charge is -2.11. The zero-order valence-corrected chi connectivity index (χ0v) is 15.2. The number of benzene rings is 4. The third kappa shape index (κ3) is 3.45. The van der Waals surface area contributed by atoms with Crippen LogP contribution in [0.1, 0.15) is 11.1 Å². The SMILES string of the molecule is Cc1cc(-c2ccccc2)cc(-c2cc(C)cc(-c3ccccc3)c2)c1. The van der Waals surface area contributed by atoms with Crippen LogP contribution in [0.25, 0.3) is 33.4 Å². The Bertz CT molecular complexity index is 941. The molecule has 0 bridgehead atoms. The van der Waals surface area contributed by atoms with Crippen molar-refractivity contribution < 1.29 is 0 Å². The van der Waals surface area contributed by atoms with E-state index >= 15 is 0 Å². The fourth-order valence-corrected chi connectivity index (χ4v) is 3.49. The number of rotatable bonds is 3. The molecule has 0 aliphatic heterocycles. The van der Waals surface area contributed by atoms with Gasteiger partial charge in [0.15, 0.2) is 0 Å². The normalized spacial score (nSPS) is 10.7. The minimum atomic E-state index is 1.26. The van der Waals surface area contributed by atoms with Crippen LogP contribution in [0.4, 0.5) is 0 Å². The molecule has 0 aromatic heterocycles. The van der Waals surface area contributed by atoms with Gasteiger partial charge in [0, 0.05) is 0 Å². The molecule has 0 nitrogen and oxygen atoms in total. The fourth-order valence-electron chi connectivity index (χ4n) is 3.49. The van der Waals surface area contributed by atoms with Crippen LogP contribution < -0.4 is 0 Å². The summed E-state index contributed by atoms with van der Waals surface area (Å²) >= 11 is 0. The van der Waals surface area contributed by atoms with Crippen molar-refractivity contribution in [1.82, 2.24) is 0 Å².